The van der Waals surface area contributed by atoms with E-state index in [0.29, 0.717) is 11.1 Å². The number of rotatable bonds is 6. The maximum absolute atomic E-state index is 12.2. The van der Waals surface area contributed by atoms with Gasteiger partial charge in [0.05, 0.1) is 11.1 Å². The Morgan fingerprint density at radius 1 is 0.900 bits per heavy atom. The molecule has 2 N–H and O–H groups in total. The predicted molar refractivity (Wildman–Crippen MR) is 80.9 cm³/mol. The average molecular weight is 276 g/mol. The second kappa shape index (κ2) is 7.68. The molecule has 4 heteroatoms. The molecule has 110 valence electrons. The van der Waals surface area contributed by atoms with Gasteiger partial charge < -0.3 is 10.6 Å². The fourth-order valence-corrected chi connectivity index (χ4v) is 1.69. The Morgan fingerprint density at radius 2 is 1.25 bits per heavy atom. The molecule has 0 fully saturated rings. The molecule has 1 rings (SSSR count). The van der Waals surface area contributed by atoms with Crippen LogP contribution < -0.4 is 10.6 Å². The lowest BCUT2D eigenvalue weighted by Gasteiger charge is -2.16. The van der Waals surface area contributed by atoms with E-state index in [0.717, 1.165) is 12.8 Å². The summed E-state index contributed by atoms with van der Waals surface area (Å²) in [6.07, 6.45) is 1.71. The molecular weight excluding hydrogens is 252 g/mol. The van der Waals surface area contributed by atoms with Gasteiger partial charge in [0.1, 0.15) is 0 Å². The summed E-state index contributed by atoms with van der Waals surface area (Å²) in [4.78, 5) is 24.4. The van der Waals surface area contributed by atoms with Gasteiger partial charge in [-0.1, -0.05) is 26.0 Å². The van der Waals surface area contributed by atoms with Gasteiger partial charge in [0.2, 0.25) is 0 Å². The minimum Gasteiger partial charge on any atom is -0.350 e. The van der Waals surface area contributed by atoms with Gasteiger partial charge in [-0.2, -0.15) is 0 Å². The van der Waals surface area contributed by atoms with E-state index in [9.17, 15) is 9.59 Å². The lowest BCUT2D eigenvalue weighted by Crippen LogP contribution is -2.36. The highest BCUT2D eigenvalue weighted by Crippen LogP contribution is 2.10. The lowest BCUT2D eigenvalue weighted by atomic mass is 10.0. The van der Waals surface area contributed by atoms with Crippen molar-refractivity contribution in [1.29, 1.82) is 0 Å². The van der Waals surface area contributed by atoms with E-state index in [1.165, 1.54) is 0 Å². The minimum absolute atomic E-state index is 0.0909. The van der Waals surface area contributed by atoms with E-state index in [1.807, 2.05) is 27.7 Å². The van der Waals surface area contributed by atoms with Gasteiger partial charge in [-0.05, 0) is 38.8 Å². The molecule has 1 aromatic rings. The highest BCUT2D eigenvalue weighted by atomic mass is 16.2. The topological polar surface area (TPSA) is 58.2 Å². The first-order chi connectivity index (χ1) is 9.49. The summed E-state index contributed by atoms with van der Waals surface area (Å²) >= 11 is 0. The van der Waals surface area contributed by atoms with Crippen molar-refractivity contribution < 1.29 is 9.59 Å². The smallest absolute Gasteiger partial charge is 0.252 e. The largest absolute Gasteiger partial charge is 0.350 e. The third-order valence-corrected chi connectivity index (χ3v) is 3.40. The van der Waals surface area contributed by atoms with Crippen LogP contribution in [0.2, 0.25) is 0 Å². The standard InChI is InChI=1S/C16H24N2O2/c1-5-11(3)17-15(19)13-9-7-8-10-14(13)16(20)18-12(4)6-2/h7-12H,5-6H2,1-4H3,(H,17,19)(H,18,20)/t11-,12-/m0/s1. The first-order valence-electron chi connectivity index (χ1n) is 7.20. The number of benzene rings is 1. The van der Waals surface area contributed by atoms with Gasteiger partial charge in [0.25, 0.3) is 11.8 Å². The van der Waals surface area contributed by atoms with Crippen molar-refractivity contribution in [2.75, 3.05) is 0 Å². The van der Waals surface area contributed by atoms with Crippen LogP contribution in [-0.4, -0.2) is 23.9 Å². The van der Waals surface area contributed by atoms with E-state index in [2.05, 4.69) is 10.6 Å². The van der Waals surface area contributed by atoms with Crippen LogP contribution in [0.15, 0.2) is 24.3 Å². The summed E-state index contributed by atoms with van der Waals surface area (Å²) in [5, 5.41) is 5.78. The Balaban J connectivity index is 2.93. The number of carbonyl (C=O) groups is 2. The molecule has 2 atom stereocenters. The second-order valence-electron chi connectivity index (χ2n) is 5.11. The fourth-order valence-electron chi connectivity index (χ4n) is 1.69. The molecule has 0 aromatic heterocycles. The first kappa shape index (κ1) is 16.2. The van der Waals surface area contributed by atoms with Crippen molar-refractivity contribution in [3.05, 3.63) is 35.4 Å². The average Bonchev–Trinajstić information content (AvgIpc) is 2.46. The van der Waals surface area contributed by atoms with E-state index in [4.69, 9.17) is 0 Å². The lowest BCUT2D eigenvalue weighted by molar-refractivity contribution is 0.0904. The van der Waals surface area contributed by atoms with Crippen LogP contribution in [0.1, 0.15) is 61.3 Å². The molecule has 1 aromatic carbocycles. The summed E-state index contributed by atoms with van der Waals surface area (Å²) in [6.45, 7) is 7.90. The molecule has 0 bridgehead atoms. The highest BCUT2D eigenvalue weighted by molar-refractivity contribution is 6.07. The van der Waals surface area contributed by atoms with Crippen LogP contribution in [0.4, 0.5) is 0 Å². The van der Waals surface area contributed by atoms with Gasteiger partial charge in [0, 0.05) is 12.1 Å². The Labute approximate surface area is 121 Å². The normalized spacial score (nSPS) is 13.4. The molecule has 20 heavy (non-hydrogen) atoms. The molecule has 0 saturated heterocycles. The third kappa shape index (κ3) is 4.37. The van der Waals surface area contributed by atoms with Crippen molar-refractivity contribution in [3.63, 3.8) is 0 Å². The molecule has 0 aliphatic heterocycles. The van der Waals surface area contributed by atoms with Crippen molar-refractivity contribution >= 4 is 11.8 Å². The molecule has 0 saturated carbocycles. The Bertz CT molecular complexity index is 428. The summed E-state index contributed by atoms with van der Waals surface area (Å²) in [5.74, 6) is -0.400. The number of carbonyl (C=O) groups excluding carboxylic acids is 2. The molecular formula is C16H24N2O2. The van der Waals surface area contributed by atoms with Crippen LogP contribution in [0.5, 0.6) is 0 Å². The summed E-state index contributed by atoms with van der Waals surface area (Å²) < 4.78 is 0. The highest BCUT2D eigenvalue weighted by Gasteiger charge is 2.18. The fraction of sp³-hybridized carbons (Fsp3) is 0.500. The van der Waals surface area contributed by atoms with Gasteiger partial charge in [-0.25, -0.2) is 0 Å². The monoisotopic (exact) mass is 276 g/mol. The summed E-state index contributed by atoms with van der Waals surface area (Å²) in [7, 11) is 0. The van der Waals surface area contributed by atoms with Gasteiger partial charge in [-0.3, -0.25) is 9.59 Å². The van der Waals surface area contributed by atoms with Crippen molar-refractivity contribution in [2.45, 2.75) is 52.6 Å². The van der Waals surface area contributed by atoms with Crippen LogP contribution in [0.25, 0.3) is 0 Å². The van der Waals surface area contributed by atoms with E-state index in [-0.39, 0.29) is 23.9 Å². The van der Waals surface area contributed by atoms with Crippen LogP contribution in [-0.2, 0) is 0 Å². The zero-order valence-electron chi connectivity index (χ0n) is 12.7. The maximum atomic E-state index is 12.2. The molecule has 0 aliphatic carbocycles. The van der Waals surface area contributed by atoms with Crippen LogP contribution in [0.3, 0.4) is 0 Å². The molecule has 4 nitrogen and oxygen atoms in total. The minimum atomic E-state index is -0.200. The third-order valence-electron chi connectivity index (χ3n) is 3.40. The van der Waals surface area contributed by atoms with Crippen molar-refractivity contribution in [3.8, 4) is 0 Å². The first-order valence-corrected chi connectivity index (χ1v) is 7.20. The Hall–Kier alpha value is -1.84. The molecule has 0 radical (unpaired) electrons. The Morgan fingerprint density at radius 3 is 1.55 bits per heavy atom. The molecule has 0 spiro atoms. The molecule has 0 heterocycles. The Kier molecular flexibility index (Phi) is 6.22. The van der Waals surface area contributed by atoms with Gasteiger partial charge in [0.15, 0.2) is 0 Å². The van der Waals surface area contributed by atoms with Crippen LogP contribution in [0, 0.1) is 0 Å². The molecule has 2 amide bonds. The van der Waals surface area contributed by atoms with Gasteiger partial charge >= 0.3 is 0 Å². The SMILES string of the molecule is CC[C@H](C)NC(=O)c1ccccc1C(=O)N[C@@H](C)CC. The number of hydrogen-bond donors (Lipinski definition) is 2. The molecule has 0 aliphatic rings. The maximum Gasteiger partial charge on any atom is 0.252 e. The second-order valence-corrected chi connectivity index (χ2v) is 5.11. The van der Waals surface area contributed by atoms with E-state index in [1.54, 1.807) is 24.3 Å². The number of nitrogens with one attached hydrogen (secondary N) is 2. The number of amides is 2. The zero-order valence-corrected chi connectivity index (χ0v) is 12.7. The van der Waals surface area contributed by atoms with Gasteiger partial charge in [-0.15, -0.1) is 0 Å². The predicted octanol–water partition coefficient (Wildman–Crippen LogP) is 2.74. The molecule has 0 unspecified atom stereocenters. The van der Waals surface area contributed by atoms with Crippen molar-refractivity contribution in [1.82, 2.24) is 10.6 Å². The van der Waals surface area contributed by atoms with Crippen LogP contribution >= 0.6 is 0 Å². The quantitative estimate of drug-likeness (QED) is 0.839. The van der Waals surface area contributed by atoms with E-state index < -0.39 is 0 Å². The summed E-state index contributed by atoms with van der Waals surface area (Å²) in [6, 6.07) is 7.09. The zero-order chi connectivity index (χ0) is 15.1. The van der Waals surface area contributed by atoms with Crippen molar-refractivity contribution in [2.24, 2.45) is 0 Å². The van der Waals surface area contributed by atoms with E-state index >= 15 is 0 Å². The number of hydrogen-bond acceptors (Lipinski definition) is 2. The summed E-state index contributed by atoms with van der Waals surface area (Å²) in [5.41, 5.74) is 0.849.